The van der Waals surface area contributed by atoms with Crippen molar-refractivity contribution in [1.82, 2.24) is 5.32 Å². The van der Waals surface area contributed by atoms with Gasteiger partial charge in [0.2, 0.25) is 5.91 Å². The average molecular weight is 390 g/mol. The highest BCUT2D eigenvalue weighted by atomic mass is 32.2. The second-order valence-electron chi connectivity index (χ2n) is 7.20. The van der Waals surface area contributed by atoms with Crippen molar-refractivity contribution in [1.29, 1.82) is 0 Å². The molecule has 144 valence electrons. The summed E-state index contributed by atoms with van der Waals surface area (Å²) in [7, 11) is 0. The van der Waals surface area contributed by atoms with E-state index in [1.54, 1.807) is 11.8 Å². The number of rotatable bonds is 6. The largest absolute Gasteiger partial charge is 0.344 e. The zero-order valence-corrected chi connectivity index (χ0v) is 17.8. The van der Waals surface area contributed by atoms with E-state index < -0.39 is 0 Å². The van der Waals surface area contributed by atoms with Gasteiger partial charge in [-0.2, -0.15) is 0 Å². The van der Waals surface area contributed by atoms with Crippen molar-refractivity contribution in [2.75, 3.05) is 5.75 Å². The van der Waals surface area contributed by atoms with Crippen LogP contribution in [0.2, 0.25) is 0 Å². The van der Waals surface area contributed by atoms with Gasteiger partial charge in [-0.3, -0.25) is 4.79 Å². The van der Waals surface area contributed by atoms with Gasteiger partial charge in [0.15, 0.2) is 0 Å². The Morgan fingerprint density at radius 1 is 0.821 bits per heavy atom. The molecule has 0 saturated heterocycles. The van der Waals surface area contributed by atoms with Crippen LogP contribution in [0.1, 0.15) is 39.4 Å². The number of hydrogen-bond donors (Lipinski definition) is 1. The van der Waals surface area contributed by atoms with E-state index in [0.717, 1.165) is 11.1 Å². The Morgan fingerprint density at radius 2 is 1.29 bits per heavy atom. The number of hydrogen-bond acceptors (Lipinski definition) is 2. The third kappa shape index (κ3) is 4.66. The van der Waals surface area contributed by atoms with Crippen LogP contribution in [0.15, 0.2) is 71.6 Å². The molecule has 0 spiro atoms. The first kappa shape index (κ1) is 20.2. The predicted octanol–water partition coefficient (Wildman–Crippen LogP) is 5.92. The van der Waals surface area contributed by atoms with Crippen molar-refractivity contribution < 1.29 is 4.79 Å². The maximum absolute atomic E-state index is 12.8. The maximum Gasteiger partial charge on any atom is 0.231 e. The van der Waals surface area contributed by atoms with Crippen LogP contribution < -0.4 is 5.32 Å². The number of aryl methyl sites for hydroxylation is 2. The molecule has 0 unspecified atom stereocenters. The molecule has 28 heavy (non-hydrogen) atoms. The summed E-state index contributed by atoms with van der Waals surface area (Å²) in [5.41, 5.74) is 7.26. The van der Waals surface area contributed by atoms with E-state index in [1.807, 2.05) is 36.4 Å². The fourth-order valence-corrected chi connectivity index (χ4v) is 4.50. The van der Waals surface area contributed by atoms with E-state index >= 15 is 0 Å². The van der Waals surface area contributed by atoms with E-state index in [2.05, 4.69) is 63.3 Å². The lowest BCUT2D eigenvalue weighted by molar-refractivity contribution is -0.119. The van der Waals surface area contributed by atoms with Gasteiger partial charge in [-0.1, -0.05) is 66.7 Å². The normalized spacial score (nSPS) is 10.9. The monoisotopic (exact) mass is 389 g/mol. The molecule has 0 radical (unpaired) electrons. The quantitative estimate of drug-likeness (QED) is 0.530. The first-order chi connectivity index (χ1) is 13.5. The minimum Gasteiger partial charge on any atom is -0.344 e. The fourth-order valence-electron chi connectivity index (χ4n) is 3.39. The first-order valence-electron chi connectivity index (χ1n) is 9.57. The van der Waals surface area contributed by atoms with Crippen LogP contribution in [0, 0.1) is 27.7 Å². The Bertz CT molecular complexity index is 886. The third-order valence-corrected chi connectivity index (χ3v) is 6.52. The smallest absolute Gasteiger partial charge is 0.231 e. The summed E-state index contributed by atoms with van der Waals surface area (Å²) in [6.07, 6.45) is 0. The topological polar surface area (TPSA) is 29.1 Å². The number of carbonyl (C=O) groups excluding carboxylic acids is 1. The summed E-state index contributed by atoms with van der Waals surface area (Å²) in [4.78, 5) is 14.1. The van der Waals surface area contributed by atoms with Crippen molar-refractivity contribution in [3.05, 3.63) is 100 Å². The lowest BCUT2D eigenvalue weighted by Gasteiger charge is -2.20. The molecule has 3 rings (SSSR count). The van der Waals surface area contributed by atoms with Crippen LogP contribution in [-0.4, -0.2) is 11.7 Å². The van der Waals surface area contributed by atoms with Crippen LogP contribution >= 0.6 is 11.8 Å². The number of thioether (sulfide) groups is 1. The molecule has 0 fully saturated rings. The van der Waals surface area contributed by atoms with E-state index in [4.69, 9.17) is 0 Å². The van der Waals surface area contributed by atoms with Crippen molar-refractivity contribution in [2.45, 2.75) is 38.6 Å². The minimum atomic E-state index is -0.142. The van der Waals surface area contributed by atoms with E-state index in [-0.39, 0.29) is 11.9 Å². The van der Waals surface area contributed by atoms with Crippen LogP contribution in [0.25, 0.3) is 0 Å². The summed E-state index contributed by atoms with van der Waals surface area (Å²) in [6, 6.07) is 22.3. The predicted molar refractivity (Wildman–Crippen MR) is 119 cm³/mol. The zero-order valence-electron chi connectivity index (χ0n) is 17.0. The van der Waals surface area contributed by atoms with Gasteiger partial charge in [0.1, 0.15) is 0 Å². The highest BCUT2D eigenvalue weighted by molar-refractivity contribution is 8.00. The summed E-state index contributed by atoms with van der Waals surface area (Å²) < 4.78 is 0. The van der Waals surface area contributed by atoms with Crippen LogP contribution in [0.4, 0.5) is 0 Å². The number of nitrogens with one attached hydrogen (secondary N) is 1. The lowest BCUT2D eigenvalue weighted by atomic mass is 9.99. The van der Waals surface area contributed by atoms with Gasteiger partial charge in [-0.05, 0) is 61.1 Å². The first-order valence-corrected chi connectivity index (χ1v) is 10.6. The van der Waals surface area contributed by atoms with Crippen molar-refractivity contribution >= 4 is 17.7 Å². The zero-order chi connectivity index (χ0) is 20.1. The van der Waals surface area contributed by atoms with Crippen LogP contribution in [0.3, 0.4) is 0 Å². The molecule has 0 aliphatic rings. The molecule has 0 atom stereocenters. The molecule has 0 aromatic heterocycles. The highest BCUT2D eigenvalue weighted by Crippen LogP contribution is 2.31. The molecule has 3 aromatic carbocycles. The molecule has 3 aromatic rings. The van der Waals surface area contributed by atoms with Crippen molar-refractivity contribution in [3.63, 3.8) is 0 Å². The van der Waals surface area contributed by atoms with Gasteiger partial charge < -0.3 is 5.32 Å². The molecule has 0 bridgehead atoms. The summed E-state index contributed by atoms with van der Waals surface area (Å²) >= 11 is 1.63. The van der Waals surface area contributed by atoms with Crippen LogP contribution in [-0.2, 0) is 4.79 Å². The molecule has 0 aliphatic heterocycles. The Kier molecular flexibility index (Phi) is 6.58. The molecule has 3 heteroatoms. The van der Waals surface area contributed by atoms with Gasteiger partial charge in [0.25, 0.3) is 0 Å². The van der Waals surface area contributed by atoms with Gasteiger partial charge >= 0.3 is 0 Å². The van der Waals surface area contributed by atoms with Crippen molar-refractivity contribution in [3.8, 4) is 0 Å². The molecule has 1 N–H and O–H groups in total. The summed E-state index contributed by atoms with van der Waals surface area (Å²) in [5, 5.41) is 3.23. The minimum absolute atomic E-state index is 0.0423. The van der Waals surface area contributed by atoms with Crippen LogP contribution in [0.5, 0.6) is 0 Å². The molecule has 0 saturated carbocycles. The fraction of sp³-hybridized carbons (Fsp3) is 0.240. The molecular weight excluding hydrogens is 362 g/mol. The molecule has 2 nitrogen and oxygen atoms in total. The Hall–Kier alpha value is -2.52. The molecule has 0 aliphatic carbocycles. The van der Waals surface area contributed by atoms with Crippen molar-refractivity contribution in [2.24, 2.45) is 0 Å². The summed E-state index contributed by atoms with van der Waals surface area (Å²) in [5.74, 6) is 0.446. The third-order valence-electron chi connectivity index (χ3n) is 5.22. The SMILES string of the molecule is Cc1cc(C)c(C)c(SCC(=O)NC(c2ccccc2)c2ccccc2)c1C. The van der Waals surface area contributed by atoms with Gasteiger partial charge in [0, 0.05) is 4.90 Å². The van der Waals surface area contributed by atoms with E-state index in [0.29, 0.717) is 5.75 Å². The van der Waals surface area contributed by atoms with Gasteiger partial charge in [-0.15, -0.1) is 11.8 Å². The van der Waals surface area contributed by atoms with E-state index in [1.165, 1.54) is 27.1 Å². The molecule has 0 heterocycles. The van der Waals surface area contributed by atoms with Gasteiger partial charge in [-0.25, -0.2) is 0 Å². The van der Waals surface area contributed by atoms with E-state index in [9.17, 15) is 4.79 Å². The Labute approximate surface area is 172 Å². The number of benzene rings is 3. The number of carbonyl (C=O) groups is 1. The second-order valence-corrected chi connectivity index (χ2v) is 8.19. The maximum atomic E-state index is 12.8. The number of amides is 1. The lowest BCUT2D eigenvalue weighted by Crippen LogP contribution is -2.30. The average Bonchev–Trinajstić information content (AvgIpc) is 2.72. The van der Waals surface area contributed by atoms with Gasteiger partial charge in [0.05, 0.1) is 11.8 Å². The second kappa shape index (κ2) is 9.11. The standard InChI is InChI=1S/C25H27NOS/c1-17-15-18(2)20(4)25(19(17)3)28-16-23(27)26-24(21-11-7-5-8-12-21)22-13-9-6-10-14-22/h5-15,24H,16H2,1-4H3,(H,26,27). The molecule has 1 amide bonds. The summed E-state index contributed by atoms with van der Waals surface area (Å²) in [6.45, 7) is 8.54. The Morgan fingerprint density at radius 3 is 1.75 bits per heavy atom. The molecular formula is C25H27NOS. The highest BCUT2D eigenvalue weighted by Gasteiger charge is 2.17. The Balaban J connectivity index is 1.77.